The topological polar surface area (TPSA) is 74.3 Å². The molecule has 0 radical (unpaired) electrons. The molecule has 1 aliphatic carbocycles. The van der Waals surface area contributed by atoms with Crippen LogP contribution in [-0.4, -0.2) is 53.8 Å². The van der Waals surface area contributed by atoms with Crippen LogP contribution in [0.4, 0.5) is 9.59 Å². The zero-order chi connectivity index (χ0) is 21.3. The molecule has 7 nitrogen and oxygen atoms in total. The van der Waals surface area contributed by atoms with Crippen molar-refractivity contribution in [2.45, 2.75) is 90.8 Å². The monoisotopic (exact) mass is 373 g/mol. The Hall–Kier alpha value is -1.34. The van der Waals surface area contributed by atoms with Crippen LogP contribution in [0.5, 0.6) is 0 Å². The third-order valence-corrected chi connectivity index (χ3v) is 3.76. The maximum absolute atomic E-state index is 12.6. The molecule has 150 valence electrons. The number of hydrogen-bond donors (Lipinski definition) is 0. The maximum Gasteiger partial charge on any atom is 0.420 e. The Morgan fingerprint density at radius 2 is 1.65 bits per heavy atom. The number of ether oxygens (including phenoxy) is 4. The van der Waals surface area contributed by atoms with E-state index < -0.39 is 48.2 Å². The van der Waals surface area contributed by atoms with Crippen LogP contribution in [0.1, 0.15) is 70.0 Å². The lowest BCUT2D eigenvalue weighted by atomic mass is 10.2. The maximum atomic E-state index is 12.6. The average Bonchev–Trinajstić information content (AvgIpc) is 3.25. The first-order valence-electron chi connectivity index (χ1n) is 10.2. The van der Waals surface area contributed by atoms with Gasteiger partial charge in [0, 0.05) is 12.5 Å². The molecule has 1 aliphatic heterocycles. The van der Waals surface area contributed by atoms with E-state index >= 15 is 0 Å². The molecular formula is C19H33NO6. The van der Waals surface area contributed by atoms with Crippen LogP contribution in [-0.2, 0) is 18.9 Å². The van der Waals surface area contributed by atoms with Gasteiger partial charge >= 0.3 is 12.2 Å². The molecule has 1 heterocycles. The van der Waals surface area contributed by atoms with Gasteiger partial charge in [0.15, 0.2) is 6.29 Å². The summed E-state index contributed by atoms with van der Waals surface area (Å²) in [5.41, 5.74) is -1.60. The van der Waals surface area contributed by atoms with Crippen molar-refractivity contribution in [2.24, 2.45) is 5.92 Å². The van der Waals surface area contributed by atoms with Crippen molar-refractivity contribution < 1.29 is 31.3 Å². The Kier molecular flexibility index (Phi) is 5.64. The summed E-state index contributed by atoms with van der Waals surface area (Å²) in [5, 5.41) is 0. The molecule has 2 amide bonds. The van der Waals surface area contributed by atoms with E-state index in [2.05, 4.69) is 0 Å². The van der Waals surface area contributed by atoms with Crippen molar-refractivity contribution in [3.63, 3.8) is 0 Å². The van der Waals surface area contributed by atoms with Crippen LogP contribution >= 0.6 is 0 Å². The van der Waals surface area contributed by atoms with Gasteiger partial charge in [0.1, 0.15) is 11.2 Å². The van der Waals surface area contributed by atoms with Crippen molar-refractivity contribution >= 4 is 12.2 Å². The van der Waals surface area contributed by atoms with Crippen molar-refractivity contribution in [1.82, 2.24) is 4.90 Å². The van der Waals surface area contributed by atoms with E-state index in [0.717, 1.165) is 17.7 Å². The fraction of sp³-hybridized carbons (Fsp3) is 0.895. The smallest absolute Gasteiger partial charge is 0.420 e. The first-order chi connectivity index (χ1) is 12.7. The second-order valence-corrected chi connectivity index (χ2v) is 8.77. The number of carbonyl (C=O) groups is 2. The number of hydrogen-bond acceptors (Lipinski definition) is 6. The van der Waals surface area contributed by atoms with Gasteiger partial charge in [0.05, 0.1) is 15.3 Å². The minimum absolute atomic E-state index is 0.276. The lowest BCUT2D eigenvalue weighted by Gasteiger charge is -2.29. The van der Waals surface area contributed by atoms with Gasteiger partial charge in [-0.3, -0.25) is 0 Å². The standard InChI is InChI=1S/C19H33NO6/c1-18(2,3)25-16(21)20(17(22)26-19(4,5)6)14-11-13(14)12-24-15-9-7-8-10-23-15/h13-15H,7-12H2,1-6H3/t13-,14+,15?/m0/s1/i12D2. The van der Waals surface area contributed by atoms with Crippen molar-refractivity contribution in [1.29, 1.82) is 0 Å². The fourth-order valence-electron chi connectivity index (χ4n) is 2.53. The Bertz CT molecular complexity index is 550. The summed E-state index contributed by atoms with van der Waals surface area (Å²) in [6.45, 7) is 8.70. The summed E-state index contributed by atoms with van der Waals surface area (Å²) in [4.78, 5) is 26.2. The molecule has 1 saturated carbocycles. The van der Waals surface area contributed by atoms with E-state index in [1.807, 2.05) is 0 Å². The highest BCUT2D eigenvalue weighted by molar-refractivity contribution is 5.89. The second-order valence-electron chi connectivity index (χ2n) is 8.77. The summed E-state index contributed by atoms with van der Waals surface area (Å²) < 4.78 is 38.2. The average molecular weight is 373 g/mol. The molecule has 0 aromatic heterocycles. The summed E-state index contributed by atoms with van der Waals surface area (Å²) in [7, 11) is 0. The number of nitrogens with zero attached hydrogens (tertiary/aromatic N) is 1. The Balaban J connectivity index is 2.10. The van der Waals surface area contributed by atoms with Crippen LogP contribution < -0.4 is 0 Å². The van der Waals surface area contributed by atoms with Gasteiger partial charge in [-0.15, -0.1) is 0 Å². The first kappa shape index (κ1) is 18.0. The van der Waals surface area contributed by atoms with E-state index in [1.54, 1.807) is 41.5 Å². The normalized spacial score (nSPS) is 27.8. The third-order valence-electron chi connectivity index (χ3n) is 3.76. The molecule has 1 saturated heterocycles. The van der Waals surface area contributed by atoms with Crippen LogP contribution in [0.2, 0.25) is 0 Å². The van der Waals surface area contributed by atoms with Gasteiger partial charge in [-0.1, -0.05) is 0 Å². The minimum Gasteiger partial charge on any atom is -0.443 e. The van der Waals surface area contributed by atoms with Crippen LogP contribution in [0, 0.1) is 5.92 Å². The van der Waals surface area contributed by atoms with Crippen molar-refractivity contribution in [3.05, 3.63) is 0 Å². The van der Waals surface area contributed by atoms with E-state index in [-0.39, 0.29) is 6.42 Å². The van der Waals surface area contributed by atoms with Gasteiger partial charge in [-0.05, 0) is 67.2 Å². The third kappa shape index (κ3) is 6.76. The predicted octanol–water partition coefficient (Wildman–Crippen LogP) is 4.09. The summed E-state index contributed by atoms with van der Waals surface area (Å²) in [6.07, 6.45) is 0.438. The molecule has 1 unspecified atom stereocenters. The van der Waals surface area contributed by atoms with E-state index in [9.17, 15) is 9.59 Å². The zero-order valence-corrected chi connectivity index (χ0v) is 16.7. The molecule has 0 aromatic rings. The highest BCUT2D eigenvalue weighted by atomic mass is 16.7. The van der Waals surface area contributed by atoms with E-state index in [0.29, 0.717) is 13.0 Å². The molecule has 2 aliphatic rings. The Labute approximate surface area is 159 Å². The predicted molar refractivity (Wildman–Crippen MR) is 95.7 cm³/mol. The molecule has 2 fully saturated rings. The second kappa shape index (κ2) is 8.13. The number of amides is 2. The molecule has 7 heteroatoms. The lowest BCUT2D eigenvalue weighted by Crippen LogP contribution is -2.45. The van der Waals surface area contributed by atoms with Gasteiger partial charge in [-0.2, -0.15) is 0 Å². The Morgan fingerprint density at radius 3 is 2.12 bits per heavy atom. The molecule has 2 rings (SSSR count). The van der Waals surface area contributed by atoms with Gasteiger partial charge in [-0.25, -0.2) is 14.5 Å². The van der Waals surface area contributed by atoms with Crippen LogP contribution in [0.25, 0.3) is 0 Å². The zero-order valence-electron chi connectivity index (χ0n) is 18.7. The van der Waals surface area contributed by atoms with Crippen LogP contribution in [0.15, 0.2) is 0 Å². The minimum atomic E-state index is -2.03. The molecule has 3 atom stereocenters. The van der Waals surface area contributed by atoms with Gasteiger partial charge in [0.2, 0.25) is 0 Å². The van der Waals surface area contributed by atoms with Crippen LogP contribution in [0.3, 0.4) is 0 Å². The van der Waals surface area contributed by atoms with E-state index in [1.165, 1.54) is 0 Å². The van der Waals surface area contributed by atoms with E-state index in [4.69, 9.17) is 21.7 Å². The van der Waals surface area contributed by atoms with Gasteiger partial charge < -0.3 is 18.9 Å². The lowest BCUT2D eigenvalue weighted by molar-refractivity contribution is -0.165. The molecule has 26 heavy (non-hydrogen) atoms. The number of imide groups is 1. The number of carbonyl (C=O) groups excluding carboxylic acids is 2. The van der Waals surface area contributed by atoms with Gasteiger partial charge in [0.25, 0.3) is 0 Å². The molecule has 0 N–H and O–H groups in total. The highest BCUT2D eigenvalue weighted by Crippen LogP contribution is 2.38. The fourth-order valence-corrected chi connectivity index (χ4v) is 2.53. The largest absolute Gasteiger partial charge is 0.443 e. The summed E-state index contributed by atoms with van der Waals surface area (Å²) in [5.74, 6) is -0.668. The molecule has 0 spiro atoms. The molecular weight excluding hydrogens is 338 g/mol. The van der Waals surface area contributed by atoms with Crippen molar-refractivity contribution in [2.75, 3.05) is 13.2 Å². The first-order valence-corrected chi connectivity index (χ1v) is 9.24. The summed E-state index contributed by atoms with van der Waals surface area (Å²) >= 11 is 0. The molecule has 0 aromatic carbocycles. The quantitative estimate of drug-likeness (QED) is 0.739. The molecule has 0 bridgehead atoms. The van der Waals surface area contributed by atoms with Crippen molar-refractivity contribution in [3.8, 4) is 0 Å². The number of rotatable bonds is 4. The Morgan fingerprint density at radius 1 is 1.08 bits per heavy atom. The highest BCUT2D eigenvalue weighted by Gasteiger charge is 2.50. The SMILES string of the molecule is [2H]C([2H])(OC1CCCCO1)[C@@H]1C[C@H]1N(C(=O)OC(C)(C)C)C(=O)OC(C)(C)C. The summed E-state index contributed by atoms with van der Waals surface area (Å²) in [6, 6.07) is -0.691.